The zero-order chi connectivity index (χ0) is 17.8. The van der Waals surface area contributed by atoms with Gasteiger partial charge in [0.05, 0.1) is 5.25 Å². The van der Waals surface area contributed by atoms with Crippen LogP contribution in [0.1, 0.15) is 12.5 Å². The highest BCUT2D eigenvalue weighted by molar-refractivity contribution is 8.00. The molecule has 0 saturated carbocycles. The lowest BCUT2D eigenvalue weighted by Crippen LogP contribution is -2.22. The van der Waals surface area contributed by atoms with E-state index in [0.29, 0.717) is 10.2 Å². The number of aryl methyl sites for hydroxylation is 1. The lowest BCUT2D eigenvalue weighted by atomic mass is 10.1. The molecular formula is C18H16ClN3OS2. The van der Waals surface area contributed by atoms with Crippen molar-refractivity contribution in [2.24, 2.45) is 0 Å². The van der Waals surface area contributed by atoms with E-state index in [4.69, 9.17) is 11.6 Å². The smallest absolute Gasteiger partial charge is 0.239 e. The summed E-state index contributed by atoms with van der Waals surface area (Å²) in [5.41, 5.74) is 2.16. The first-order valence-corrected chi connectivity index (χ1v) is 9.73. The molecule has 4 nitrogen and oxygen atoms in total. The zero-order valence-electron chi connectivity index (χ0n) is 13.7. The van der Waals surface area contributed by atoms with Gasteiger partial charge in [-0.2, -0.15) is 0 Å². The molecule has 1 unspecified atom stereocenters. The summed E-state index contributed by atoms with van der Waals surface area (Å²) in [6.45, 7) is 3.89. The van der Waals surface area contributed by atoms with Crippen molar-refractivity contribution < 1.29 is 4.79 Å². The van der Waals surface area contributed by atoms with Crippen LogP contribution in [0.2, 0.25) is 5.02 Å². The molecule has 0 radical (unpaired) electrons. The van der Waals surface area contributed by atoms with Crippen LogP contribution in [-0.4, -0.2) is 21.4 Å². The first-order valence-electron chi connectivity index (χ1n) is 7.65. The highest BCUT2D eigenvalue weighted by Gasteiger charge is 2.17. The summed E-state index contributed by atoms with van der Waals surface area (Å²) >= 11 is 8.72. The molecular weight excluding hydrogens is 374 g/mol. The number of hydrogen-bond acceptors (Lipinski definition) is 5. The van der Waals surface area contributed by atoms with Crippen molar-refractivity contribution in [3.63, 3.8) is 0 Å². The lowest BCUT2D eigenvalue weighted by Gasteiger charge is -2.10. The fraction of sp³-hybridized carbons (Fsp3) is 0.167. The first-order chi connectivity index (χ1) is 12.0. The third-order valence-electron chi connectivity index (χ3n) is 3.53. The summed E-state index contributed by atoms with van der Waals surface area (Å²) < 4.78 is 0. The molecule has 1 atom stereocenters. The minimum Gasteiger partial charge on any atom is -0.300 e. The highest BCUT2D eigenvalue weighted by atomic mass is 35.5. The number of rotatable bonds is 5. The number of hydrogen-bond donors (Lipinski definition) is 1. The van der Waals surface area contributed by atoms with Crippen LogP contribution in [0.3, 0.4) is 0 Å². The van der Waals surface area contributed by atoms with Crippen LogP contribution in [0.15, 0.2) is 53.4 Å². The normalized spacial score (nSPS) is 12.0. The second-order valence-electron chi connectivity index (χ2n) is 5.43. The molecule has 25 heavy (non-hydrogen) atoms. The summed E-state index contributed by atoms with van der Waals surface area (Å²) in [5.74, 6) is -0.104. The van der Waals surface area contributed by atoms with Crippen molar-refractivity contribution in [2.75, 3.05) is 5.32 Å². The maximum absolute atomic E-state index is 12.4. The Morgan fingerprint density at radius 1 is 1.16 bits per heavy atom. The van der Waals surface area contributed by atoms with E-state index in [1.807, 2.05) is 62.4 Å². The maximum Gasteiger partial charge on any atom is 0.239 e. The topological polar surface area (TPSA) is 54.9 Å². The number of halogens is 1. The number of thioether (sulfide) groups is 1. The number of aromatic nitrogens is 2. The van der Waals surface area contributed by atoms with E-state index in [1.54, 1.807) is 0 Å². The average molecular weight is 390 g/mol. The van der Waals surface area contributed by atoms with Crippen LogP contribution in [0.25, 0.3) is 10.6 Å². The summed E-state index contributed by atoms with van der Waals surface area (Å²) in [4.78, 5) is 13.4. The Hall–Kier alpha value is -1.89. The van der Waals surface area contributed by atoms with E-state index in [0.717, 1.165) is 21.0 Å². The van der Waals surface area contributed by atoms with Gasteiger partial charge in [-0.25, -0.2) is 0 Å². The van der Waals surface area contributed by atoms with Crippen molar-refractivity contribution >= 4 is 45.7 Å². The van der Waals surface area contributed by atoms with Crippen LogP contribution in [0.5, 0.6) is 0 Å². The van der Waals surface area contributed by atoms with E-state index in [9.17, 15) is 4.79 Å². The Morgan fingerprint density at radius 3 is 2.60 bits per heavy atom. The van der Waals surface area contributed by atoms with E-state index < -0.39 is 0 Å². The molecule has 1 heterocycles. The molecule has 0 aliphatic rings. The number of carbonyl (C=O) groups is 1. The van der Waals surface area contributed by atoms with Gasteiger partial charge in [-0.1, -0.05) is 47.2 Å². The quantitative estimate of drug-likeness (QED) is 0.602. The van der Waals surface area contributed by atoms with Gasteiger partial charge in [0.1, 0.15) is 5.01 Å². The predicted octanol–water partition coefficient (Wildman–Crippen LogP) is 5.29. The summed E-state index contributed by atoms with van der Waals surface area (Å²) in [6.07, 6.45) is 0. The van der Waals surface area contributed by atoms with Crippen LogP contribution >= 0.6 is 34.7 Å². The van der Waals surface area contributed by atoms with Gasteiger partial charge in [0, 0.05) is 15.5 Å². The van der Waals surface area contributed by atoms with Gasteiger partial charge in [0.2, 0.25) is 11.0 Å². The Kier molecular flexibility index (Phi) is 5.73. The van der Waals surface area contributed by atoms with Gasteiger partial charge in [-0.15, -0.1) is 22.0 Å². The molecule has 1 aromatic heterocycles. The summed E-state index contributed by atoms with van der Waals surface area (Å²) in [6, 6.07) is 15.4. The monoisotopic (exact) mass is 389 g/mol. The minimum absolute atomic E-state index is 0.104. The number of carbonyl (C=O) groups excluding carboxylic acids is 1. The van der Waals surface area contributed by atoms with Crippen LogP contribution in [0.4, 0.5) is 5.13 Å². The predicted molar refractivity (Wildman–Crippen MR) is 105 cm³/mol. The largest absolute Gasteiger partial charge is 0.300 e. The van der Waals surface area contributed by atoms with Crippen molar-refractivity contribution in [3.8, 4) is 10.6 Å². The molecule has 1 amide bonds. The number of nitrogens with zero attached hydrogens (tertiary/aromatic N) is 2. The fourth-order valence-electron chi connectivity index (χ4n) is 2.17. The van der Waals surface area contributed by atoms with Crippen molar-refractivity contribution in [1.82, 2.24) is 10.2 Å². The van der Waals surface area contributed by atoms with Gasteiger partial charge < -0.3 is 0 Å². The molecule has 1 N–H and O–H groups in total. The Morgan fingerprint density at radius 2 is 1.88 bits per heavy atom. The van der Waals surface area contributed by atoms with Crippen LogP contribution < -0.4 is 5.32 Å². The van der Waals surface area contributed by atoms with Crippen LogP contribution in [-0.2, 0) is 4.79 Å². The molecule has 2 aromatic carbocycles. The molecule has 0 spiro atoms. The molecule has 128 valence electrons. The molecule has 3 rings (SSSR count). The lowest BCUT2D eigenvalue weighted by molar-refractivity contribution is -0.115. The second kappa shape index (κ2) is 7.99. The molecule has 3 aromatic rings. The molecule has 0 saturated heterocycles. The molecule has 0 bridgehead atoms. The minimum atomic E-state index is -0.257. The van der Waals surface area contributed by atoms with Crippen LogP contribution in [0, 0.1) is 6.92 Å². The van der Waals surface area contributed by atoms with Gasteiger partial charge in [0.25, 0.3) is 0 Å². The van der Waals surface area contributed by atoms with E-state index in [2.05, 4.69) is 15.5 Å². The van der Waals surface area contributed by atoms with E-state index in [-0.39, 0.29) is 11.2 Å². The van der Waals surface area contributed by atoms with Crippen molar-refractivity contribution in [1.29, 1.82) is 0 Å². The molecule has 0 aliphatic carbocycles. The third-order valence-corrected chi connectivity index (χ3v) is 5.76. The highest BCUT2D eigenvalue weighted by Crippen LogP contribution is 2.30. The van der Waals surface area contributed by atoms with Gasteiger partial charge in [-0.05, 0) is 43.7 Å². The van der Waals surface area contributed by atoms with Gasteiger partial charge >= 0.3 is 0 Å². The SMILES string of the molecule is Cc1ccccc1-c1nnc(NC(=O)C(C)Sc2ccc(Cl)cc2)s1. The Balaban J connectivity index is 1.65. The summed E-state index contributed by atoms with van der Waals surface area (Å²) in [7, 11) is 0. The third kappa shape index (κ3) is 4.60. The van der Waals surface area contributed by atoms with Crippen molar-refractivity contribution in [2.45, 2.75) is 24.0 Å². The number of nitrogens with one attached hydrogen (secondary N) is 1. The zero-order valence-corrected chi connectivity index (χ0v) is 16.1. The van der Waals surface area contributed by atoms with E-state index in [1.165, 1.54) is 23.1 Å². The Bertz CT molecular complexity index is 880. The number of anilines is 1. The number of benzene rings is 2. The van der Waals surface area contributed by atoms with Crippen molar-refractivity contribution in [3.05, 3.63) is 59.1 Å². The maximum atomic E-state index is 12.4. The molecule has 0 aliphatic heterocycles. The molecule has 0 fully saturated rings. The van der Waals surface area contributed by atoms with Gasteiger partial charge in [-0.3, -0.25) is 10.1 Å². The number of amides is 1. The summed E-state index contributed by atoms with van der Waals surface area (Å²) in [5, 5.41) is 12.8. The average Bonchev–Trinajstić information content (AvgIpc) is 3.05. The van der Waals surface area contributed by atoms with E-state index >= 15 is 0 Å². The van der Waals surface area contributed by atoms with Gasteiger partial charge in [0.15, 0.2) is 0 Å². The first kappa shape index (κ1) is 17.9. The Labute approximate surface area is 159 Å². The second-order valence-corrected chi connectivity index (χ2v) is 8.26. The standard InChI is InChI=1S/C18H16ClN3OS2/c1-11-5-3-4-6-15(11)17-21-22-18(25-17)20-16(23)12(2)24-14-9-7-13(19)8-10-14/h3-10,12H,1-2H3,(H,20,22,23). The molecule has 7 heteroatoms. The fourth-order valence-corrected chi connectivity index (χ4v) is 4.00.